The van der Waals surface area contributed by atoms with Gasteiger partial charge < -0.3 is 5.73 Å². The van der Waals surface area contributed by atoms with Crippen molar-refractivity contribution in [1.29, 1.82) is 10.8 Å². The van der Waals surface area contributed by atoms with Crippen molar-refractivity contribution in [2.24, 2.45) is 0 Å². The lowest BCUT2D eigenvalue weighted by atomic mass is 10.1. The van der Waals surface area contributed by atoms with Crippen molar-refractivity contribution in [3.05, 3.63) is 66.8 Å². The van der Waals surface area contributed by atoms with Gasteiger partial charge in [0, 0.05) is 11.1 Å². The summed E-state index contributed by atoms with van der Waals surface area (Å²) in [5.41, 5.74) is 7.18. The largest absolute Gasteiger partial charge is 0.398 e. The van der Waals surface area contributed by atoms with Gasteiger partial charge in [-0.15, -0.1) is 0 Å². The number of anilines is 1. The summed E-state index contributed by atoms with van der Waals surface area (Å²) in [6.07, 6.45) is 6.70. The Hall–Kier alpha value is -2.68. The number of hydrogen-bond acceptors (Lipinski definition) is 3. The maximum atomic E-state index is 7.03. The molecule has 0 atom stereocenters. The molecule has 0 saturated heterocycles. The minimum atomic E-state index is 0.285. The highest BCUT2D eigenvalue weighted by Gasteiger charge is 1.97. The molecule has 0 radical (unpaired) electrons. The highest BCUT2D eigenvalue weighted by molar-refractivity contribution is 6.48. The first kappa shape index (κ1) is 12.8. The zero-order chi connectivity index (χ0) is 13.7. The molecule has 1 aliphatic rings. The Morgan fingerprint density at radius 3 is 1.89 bits per heavy atom. The molecule has 2 aromatic carbocycles. The molecular weight excluding hydrogens is 234 g/mol. The summed E-state index contributed by atoms with van der Waals surface area (Å²) >= 11 is 0. The van der Waals surface area contributed by atoms with Crippen LogP contribution < -0.4 is 5.73 Å². The topological polar surface area (TPSA) is 73.7 Å². The molecule has 1 aliphatic carbocycles. The maximum absolute atomic E-state index is 7.03. The predicted octanol–water partition coefficient (Wildman–Crippen LogP) is 3.57. The highest BCUT2D eigenvalue weighted by atomic mass is 14.5. The van der Waals surface area contributed by atoms with Crippen LogP contribution in [-0.4, -0.2) is 11.4 Å². The third-order valence-corrected chi connectivity index (χ3v) is 2.75. The predicted molar refractivity (Wildman–Crippen MR) is 82.1 cm³/mol. The summed E-state index contributed by atoms with van der Waals surface area (Å²) < 4.78 is 0. The van der Waals surface area contributed by atoms with Gasteiger partial charge in [0.2, 0.25) is 0 Å². The SMILES string of the molecule is N=C1C=CC=CC1=N.Nc1cccc2ccccc12. The standard InChI is InChI=1S/C10H9N.C6H6N2/c11-10-7-3-5-8-4-1-2-6-9(8)10;7-5-3-1-2-4-6(5)8/h1-7H,11H2;1-4,7-8H. The van der Waals surface area contributed by atoms with E-state index < -0.39 is 0 Å². The Bertz CT molecular complexity index is 654. The van der Waals surface area contributed by atoms with Gasteiger partial charge in [-0.3, -0.25) is 10.8 Å². The summed E-state index contributed by atoms with van der Waals surface area (Å²) in [4.78, 5) is 0. The second-order valence-corrected chi connectivity index (χ2v) is 4.11. The number of allylic oxidation sites excluding steroid dienone is 4. The van der Waals surface area contributed by atoms with Crippen molar-refractivity contribution >= 4 is 27.9 Å². The number of fused-ring (bicyclic) bond motifs is 1. The molecule has 3 nitrogen and oxygen atoms in total. The first-order valence-corrected chi connectivity index (χ1v) is 5.94. The van der Waals surface area contributed by atoms with Gasteiger partial charge in [-0.2, -0.15) is 0 Å². The third kappa shape index (κ3) is 3.16. The maximum Gasteiger partial charge on any atom is 0.0789 e. The van der Waals surface area contributed by atoms with Crippen LogP contribution in [0.5, 0.6) is 0 Å². The van der Waals surface area contributed by atoms with Crippen LogP contribution in [-0.2, 0) is 0 Å². The molecule has 0 aromatic heterocycles. The molecule has 4 N–H and O–H groups in total. The Morgan fingerprint density at radius 1 is 0.737 bits per heavy atom. The number of benzene rings is 2. The summed E-state index contributed by atoms with van der Waals surface area (Å²) in [6, 6.07) is 14.1. The van der Waals surface area contributed by atoms with Crippen molar-refractivity contribution < 1.29 is 0 Å². The molecule has 0 spiro atoms. The Labute approximate surface area is 112 Å². The van der Waals surface area contributed by atoms with Crippen LogP contribution in [0.25, 0.3) is 10.8 Å². The lowest BCUT2D eigenvalue weighted by Gasteiger charge is -1.98. The number of hydrogen-bond donors (Lipinski definition) is 3. The molecule has 2 aromatic rings. The Kier molecular flexibility index (Phi) is 3.88. The molecule has 0 aliphatic heterocycles. The fourth-order valence-corrected chi connectivity index (χ4v) is 1.73. The summed E-state index contributed by atoms with van der Waals surface area (Å²) in [7, 11) is 0. The van der Waals surface area contributed by atoms with E-state index in [9.17, 15) is 0 Å². The Balaban J connectivity index is 0.000000148. The van der Waals surface area contributed by atoms with Crippen molar-refractivity contribution in [3.8, 4) is 0 Å². The second-order valence-electron chi connectivity index (χ2n) is 4.11. The van der Waals surface area contributed by atoms with Gasteiger partial charge in [0.15, 0.2) is 0 Å². The average molecular weight is 249 g/mol. The molecule has 0 bridgehead atoms. The van der Waals surface area contributed by atoms with Gasteiger partial charge in [-0.25, -0.2) is 0 Å². The van der Waals surface area contributed by atoms with Crippen molar-refractivity contribution in [1.82, 2.24) is 0 Å². The van der Waals surface area contributed by atoms with E-state index in [1.165, 1.54) is 5.39 Å². The van der Waals surface area contributed by atoms with Crippen LogP contribution in [0.3, 0.4) is 0 Å². The van der Waals surface area contributed by atoms with Crippen molar-refractivity contribution in [2.45, 2.75) is 0 Å². The lowest BCUT2D eigenvalue weighted by molar-refractivity contribution is 1.49. The van der Waals surface area contributed by atoms with E-state index in [2.05, 4.69) is 12.1 Å². The van der Waals surface area contributed by atoms with Gasteiger partial charge in [0.1, 0.15) is 0 Å². The Morgan fingerprint density at radius 2 is 1.32 bits per heavy atom. The molecule has 19 heavy (non-hydrogen) atoms. The summed E-state index contributed by atoms with van der Waals surface area (Å²) in [6.45, 7) is 0. The van der Waals surface area contributed by atoms with Crippen LogP contribution in [0.1, 0.15) is 0 Å². The monoisotopic (exact) mass is 249 g/mol. The smallest absolute Gasteiger partial charge is 0.0789 e. The molecule has 3 heteroatoms. The first-order valence-electron chi connectivity index (χ1n) is 5.94. The van der Waals surface area contributed by atoms with Gasteiger partial charge >= 0.3 is 0 Å². The third-order valence-electron chi connectivity index (χ3n) is 2.75. The molecule has 94 valence electrons. The number of nitrogens with one attached hydrogen (secondary N) is 2. The van der Waals surface area contributed by atoms with E-state index in [1.54, 1.807) is 24.3 Å². The number of nitrogens with two attached hydrogens (primary N) is 1. The van der Waals surface area contributed by atoms with Gasteiger partial charge in [-0.05, 0) is 23.6 Å². The minimum absolute atomic E-state index is 0.285. The van der Waals surface area contributed by atoms with Gasteiger partial charge in [-0.1, -0.05) is 48.6 Å². The first-order chi connectivity index (χ1) is 9.18. The molecule has 0 unspecified atom stereocenters. The minimum Gasteiger partial charge on any atom is -0.398 e. The molecule has 0 fully saturated rings. The number of rotatable bonds is 0. The van der Waals surface area contributed by atoms with Crippen LogP contribution in [0.2, 0.25) is 0 Å². The van der Waals surface area contributed by atoms with E-state index in [0.717, 1.165) is 11.1 Å². The number of nitrogen functional groups attached to an aromatic ring is 1. The normalized spacial score (nSPS) is 13.3. The van der Waals surface area contributed by atoms with Crippen LogP contribution in [0.15, 0.2) is 66.8 Å². The van der Waals surface area contributed by atoms with Gasteiger partial charge in [0.25, 0.3) is 0 Å². The van der Waals surface area contributed by atoms with Crippen molar-refractivity contribution in [2.75, 3.05) is 5.73 Å². The van der Waals surface area contributed by atoms with Crippen LogP contribution in [0, 0.1) is 10.8 Å². The second kappa shape index (κ2) is 5.78. The quantitative estimate of drug-likeness (QED) is 0.484. The highest BCUT2D eigenvalue weighted by Crippen LogP contribution is 2.19. The fraction of sp³-hybridized carbons (Fsp3) is 0. The van der Waals surface area contributed by atoms with E-state index in [0.29, 0.717) is 0 Å². The van der Waals surface area contributed by atoms with E-state index in [1.807, 2.05) is 30.3 Å². The summed E-state index contributed by atoms with van der Waals surface area (Å²) in [5.74, 6) is 0. The average Bonchev–Trinajstić information content (AvgIpc) is 2.44. The van der Waals surface area contributed by atoms with E-state index >= 15 is 0 Å². The molecule has 0 saturated carbocycles. The summed E-state index contributed by atoms with van der Waals surface area (Å²) in [5, 5.41) is 16.4. The van der Waals surface area contributed by atoms with E-state index in [-0.39, 0.29) is 11.4 Å². The molecule has 3 rings (SSSR count). The van der Waals surface area contributed by atoms with E-state index in [4.69, 9.17) is 16.6 Å². The fourth-order valence-electron chi connectivity index (χ4n) is 1.73. The van der Waals surface area contributed by atoms with Crippen molar-refractivity contribution in [3.63, 3.8) is 0 Å². The van der Waals surface area contributed by atoms with Crippen LogP contribution >= 0.6 is 0 Å². The lowest BCUT2D eigenvalue weighted by Crippen LogP contribution is -2.06. The molecule has 0 heterocycles. The van der Waals surface area contributed by atoms with Gasteiger partial charge in [0.05, 0.1) is 11.4 Å². The zero-order valence-electron chi connectivity index (χ0n) is 10.4. The molecular formula is C16H15N3. The molecule has 0 amide bonds. The zero-order valence-corrected chi connectivity index (χ0v) is 10.4. The van der Waals surface area contributed by atoms with Crippen LogP contribution in [0.4, 0.5) is 5.69 Å².